The van der Waals surface area contributed by atoms with Crippen LogP contribution in [0.15, 0.2) is 0 Å². The predicted molar refractivity (Wildman–Crippen MR) is 60.0 cm³/mol. The van der Waals surface area contributed by atoms with E-state index in [4.69, 9.17) is 5.73 Å². The van der Waals surface area contributed by atoms with Gasteiger partial charge >= 0.3 is 0 Å². The standard InChI is InChI=1S/C8H18N2O2S.ClH/c1-13(11,12)10-8-5-3-2-4-7(8)6-9;/h7-8,10H,2-6,9H2,1H3;1H. The summed E-state index contributed by atoms with van der Waals surface area (Å²) >= 11 is 0. The molecule has 1 aliphatic rings. The normalized spacial score (nSPS) is 28.1. The lowest BCUT2D eigenvalue weighted by Gasteiger charge is -2.30. The average Bonchev–Trinajstić information content (AvgIpc) is 2.02. The van der Waals surface area contributed by atoms with E-state index < -0.39 is 10.0 Å². The summed E-state index contributed by atoms with van der Waals surface area (Å²) in [5.41, 5.74) is 5.58. The van der Waals surface area contributed by atoms with Gasteiger partial charge in [0.25, 0.3) is 0 Å². The molecule has 14 heavy (non-hydrogen) atoms. The fourth-order valence-corrected chi connectivity index (χ4v) is 2.78. The molecule has 6 heteroatoms. The minimum Gasteiger partial charge on any atom is -0.330 e. The molecular weight excluding hydrogens is 224 g/mol. The van der Waals surface area contributed by atoms with Crippen LogP contribution >= 0.6 is 12.4 Å². The first-order chi connectivity index (χ1) is 6.03. The summed E-state index contributed by atoms with van der Waals surface area (Å²) in [7, 11) is -3.07. The van der Waals surface area contributed by atoms with Gasteiger partial charge in [-0.3, -0.25) is 0 Å². The minimum atomic E-state index is -3.07. The molecular formula is C8H19ClN2O2S. The first-order valence-corrected chi connectivity index (χ1v) is 6.59. The summed E-state index contributed by atoms with van der Waals surface area (Å²) in [6.45, 7) is 0.577. The quantitative estimate of drug-likeness (QED) is 0.756. The number of rotatable bonds is 3. The third-order valence-electron chi connectivity index (χ3n) is 2.58. The zero-order chi connectivity index (χ0) is 9.90. The summed E-state index contributed by atoms with van der Waals surface area (Å²) in [6, 6.07) is 0.0637. The summed E-state index contributed by atoms with van der Waals surface area (Å²) < 4.78 is 24.7. The van der Waals surface area contributed by atoms with Crippen molar-refractivity contribution in [2.24, 2.45) is 11.7 Å². The molecule has 0 aromatic rings. The van der Waals surface area contributed by atoms with Gasteiger partial charge in [-0.15, -0.1) is 12.4 Å². The molecule has 2 unspecified atom stereocenters. The minimum absolute atomic E-state index is 0. The highest BCUT2D eigenvalue weighted by Crippen LogP contribution is 2.23. The van der Waals surface area contributed by atoms with Crippen molar-refractivity contribution >= 4 is 22.4 Å². The van der Waals surface area contributed by atoms with E-state index in [-0.39, 0.29) is 18.4 Å². The first-order valence-electron chi connectivity index (χ1n) is 4.70. The van der Waals surface area contributed by atoms with Crippen molar-refractivity contribution in [3.05, 3.63) is 0 Å². The Morgan fingerprint density at radius 3 is 2.43 bits per heavy atom. The zero-order valence-corrected chi connectivity index (χ0v) is 10.0. The maximum atomic E-state index is 11.0. The first kappa shape index (κ1) is 14.2. The van der Waals surface area contributed by atoms with Crippen LogP contribution in [-0.4, -0.2) is 27.3 Å². The molecule has 1 saturated carbocycles. The number of sulfonamides is 1. The molecule has 0 bridgehead atoms. The van der Waals surface area contributed by atoms with Crippen molar-refractivity contribution in [3.63, 3.8) is 0 Å². The summed E-state index contributed by atoms with van der Waals surface area (Å²) in [5, 5.41) is 0. The lowest BCUT2D eigenvalue weighted by atomic mass is 9.85. The number of hydrogen-bond acceptors (Lipinski definition) is 3. The van der Waals surface area contributed by atoms with Crippen molar-refractivity contribution in [2.75, 3.05) is 12.8 Å². The van der Waals surface area contributed by atoms with Crippen molar-refractivity contribution in [1.29, 1.82) is 0 Å². The van der Waals surface area contributed by atoms with Crippen LogP contribution in [0.4, 0.5) is 0 Å². The van der Waals surface area contributed by atoms with Gasteiger partial charge in [-0.25, -0.2) is 13.1 Å². The van der Waals surface area contributed by atoms with Gasteiger partial charge in [0.2, 0.25) is 10.0 Å². The Kier molecular flexibility index (Phi) is 5.97. The maximum Gasteiger partial charge on any atom is 0.208 e. The SMILES string of the molecule is CS(=O)(=O)NC1CCCCC1CN.Cl. The molecule has 86 valence electrons. The van der Waals surface area contributed by atoms with Crippen LogP contribution in [0.5, 0.6) is 0 Å². The molecule has 0 spiro atoms. The van der Waals surface area contributed by atoms with Gasteiger partial charge in [0.05, 0.1) is 6.26 Å². The number of nitrogens with one attached hydrogen (secondary N) is 1. The van der Waals surface area contributed by atoms with Crippen LogP contribution in [0.2, 0.25) is 0 Å². The van der Waals surface area contributed by atoms with Gasteiger partial charge in [0.1, 0.15) is 0 Å². The molecule has 1 rings (SSSR count). The van der Waals surface area contributed by atoms with Crippen molar-refractivity contribution < 1.29 is 8.42 Å². The van der Waals surface area contributed by atoms with Crippen LogP contribution in [0.1, 0.15) is 25.7 Å². The largest absolute Gasteiger partial charge is 0.330 e. The van der Waals surface area contributed by atoms with Crippen molar-refractivity contribution in [2.45, 2.75) is 31.7 Å². The molecule has 0 aliphatic heterocycles. The fraction of sp³-hybridized carbons (Fsp3) is 1.00. The van der Waals surface area contributed by atoms with Crippen molar-refractivity contribution in [3.8, 4) is 0 Å². The van der Waals surface area contributed by atoms with Gasteiger partial charge in [-0.05, 0) is 25.3 Å². The molecule has 4 nitrogen and oxygen atoms in total. The Labute approximate surface area is 92.1 Å². The second-order valence-electron chi connectivity index (χ2n) is 3.78. The highest BCUT2D eigenvalue weighted by Gasteiger charge is 2.25. The molecule has 3 N–H and O–H groups in total. The maximum absolute atomic E-state index is 11.0. The summed E-state index contributed by atoms with van der Waals surface area (Å²) in [4.78, 5) is 0. The number of halogens is 1. The Morgan fingerprint density at radius 2 is 1.93 bits per heavy atom. The number of nitrogens with two attached hydrogens (primary N) is 1. The van der Waals surface area contributed by atoms with Crippen LogP contribution in [0, 0.1) is 5.92 Å². The van der Waals surface area contributed by atoms with Gasteiger partial charge in [0.15, 0.2) is 0 Å². The highest BCUT2D eigenvalue weighted by molar-refractivity contribution is 7.88. The highest BCUT2D eigenvalue weighted by atomic mass is 35.5. The Bertz CT molecular complexity index is 256. The molecule has 2 atom stereocenters. The molecule has 0 aromatic carbocycles. The molecule has 0 aromatic heterocycles. The summed E-state index contributed by atoms with van der Waals surface area (Å²) in [6.07, 6.45) is 5.45. The Balaban J connectivity index is 0.00000169. The molecule has 0 heterocycles. The second-order valence-corrected chi connectivity index (χ2v) is 5.56. The topological polar surface area (TPSA) is 72.2 Å². The summed E-state index contributed by atoms with van der Waals surface area (Å²) in [5.74, 6) is 0.323. The molecule has 1 fully saturated rings. The smallest absolute Gasteiger partial charge is 0.208 e. The second kappa shape index (κ2) is 5.90. The molecule has 0 radical (unpaired) electrons. The third-order valence-corrected chi connectivity index (χ3v) is 3.31. The van der Waals surface area contributed by atoms with E-state index >= 15 is 0 Å². The van der Waals surface area contributed by atoms with Crippen LogP contribution in [0.25, 0.3) is 0 Å². The van der Waals surface area contributed by atoms with Crippen LogP contribution < -0.4 is 10.5 Å². The average molecular weight is 243 g/mol. The fourth-order valence-electron chi connectivity index (χ4n) is 1.92. The van der Waals surface area contributed by atoms with Crippen LogP contribution in [-0.2, 0) is 10.0 Å². The van der Waals surface area contributed by atoms with E-state index in [0.29, 0.717) is 12.5 Å². The van der Waals surface area contributed by atoms with E-state index in [2.05, 4.69) is 4.72 Å². The third kappa shape index (κ3) is 4.59. The zero-order valence-electron chi connectivity index (χ0n) is 8.40. The van der Waals surface area contributed by atoms with E-state index in [1.54, 1.807) is 0 Å². The number of hydrogen-bond donors (Lipinski definition) is 2. The lowest BCUT2D eigenvalue weighted by Crippen LogP contribution is -2.44. The molecule has 1 aliphatic carbocycles. The Morgan fingerprint density at radius 1 is 1.36 bits per heavy atom. The van der Waals surface area contributed by atoms with Gasteiger partial charge in [-0.2, -0.15) is 0 Å². The lowest BCUT2D eigenvalue weighted by molar-refractivity contribution is 0.296. The van der Waals surface area contributed by atoms with Gasteiger partial charge in [-0.1, -0.05) is 12.8 Å². The predicted octanol–water partition coefficient (Wildman–Crippen LogP) is 0.475. The van der Waals surface area contributed by atoms with E-state index in [0.717, 1.165) is 19.3 Å². The molecule has 0 amide bonds. The monoisotopic (exact) mass is 242 g/mol. The van der Waals surface area contributed by atoms with E-state index in [1.165, 1.54) is 12.7 Å². The van der Waals surface area contributed by atoms with Crippen LogP contribution in [0.3, 0.4) is 0 Å². The van der Waals surface area contributed by atoms with E-state index in [1.807, 2.05) is 0 Å². The van der Waals surface area contributed by atoms with Crippen molar-refractivity contribution in [1.82, 2.24) is 4.72 Å². The van der Waals surface area contributed by atoms with Gasteiger partial charge < -0.3 is 5.73 Å². The molecule has 0 saturated heterocycles. The van der Waals surface area contributed by atoms with E-state index in [9.17, 15) is 8.42 Å². The van der Waals surface area contributed by atoms with Gasteiger partial charge in [0, 0.05) is 6.04 Å². The Hall–Kier alpha value is 0.160.